The highest BCUT2D eigenvalue weighted by molar-refractivity contribution is 4.90. The van der Waals surface area contributed by atoms with Crippen molar-refractivity contribution in [1.82, 2.24) is 5.32 Å². The molecule has 11 heavy (non-hydrogen) atoms. The standard InChI is InChI=1S/C10H19N/c1-11-9-5-8-10-6-3-2-4-7-10/h5,8,10-11H,2-4,6-7,9H2,1H3/b8-5+. The van der Waals surface area contributed by atoms with Gasteiger partial charge in [0.25, 0.3) is 0 Å². The van der Waals surface area contributed by atoms with E-state index in [1.54, 1.807) is 0 Å². The highest BCUT2D eigenvalue weighted by Crippen LogP contribution is 2.24. The molecule has 1 N–H and O–H groups in total. The Labute approximate surface area is 69.9 Å². The molecular weight excluding hydrogens is 134 g/mol. The first-order valence-corrected chi connectivity index (χ1v) is 4.74. The average Bonchev–Trinajstić information content (AvgIpc) is 2.07. The third kappa shape index (κ3) is 3.57. The van der Waals surface area contributed by atoms with Crippen LogP contribution in [0.5, 0.6) is 0 Å². The van der Waals surface area contributed by atoms with E-state index in [1.807, 2.05) is 7.05 Å². The number of hydrogen-bond acceptors (Lipinski definition) is 1. The van der Waals surface area contributed by atoms with E-state index in [1.165, 1.54) is 32.1 Å². The van der Waals surface area contributed by atoms with E-state index in [2.05, 4.69) is 17.5 Å². The molecule has 0 unspecified atom stereocenters. The number of nitrogens with one attached hydrogen (secondary N) is 1. The van der Waals surface area contributed by atoms with Crippen molar-refractivity contribution in [3.05, 3.63) is 12.2 Å². The molecule has 1 rings (SSSR count). The van der Waals surface area contributed by atoms with Gasteiger partial charge >= 0.3 is 0 Å². The van der Waals surface area contributed by atoms with Crippen LogP contribution in [0.1, 0.15) is 32.1 Å². The Bertz CT molecular complexity index is 112. The molecule has 0 aliphatic heterocycles. The summed E-state index contributed by atoms with van der Waals surface area (Å²) in [5.41, 5.74) is 0. The van der Waals surface area contributed by atoms with Gasteiger partial charge in [-0.25, -0.2) is 0 Å². The first kappa shape index (κ1) is 8.79. The fourth-order valence-corrected chi connectivity index (χ4v) is 1.70. The zero-order chi connectivity index (χ0) is 7.94. The molecule has 1 saturated carbocycles. The number of likely N-dealkylation sites (N-methyl/N-ethyl adjacent to an activating group) is 1. The molecule has 1 fully saturated rings. The molecule has 1 nitrogen and oxygen atoms in total. The van der Waals surface area contributed by atoms with Crippen LogP contribution >= 0.6 is 0 Å². The summed E-state index contributed by atoms with van der Waals surface area (Å²) in [7, 11) is 1.99. The van der Waals surface area contributed by atoms with Crippen molar-refractivity contribution in [1.29, 1.82) is 0 Å². The summed E-state index contributed by atoms with van der Waals surface area (Å²) in [5.74, 6) is 0.886. The van der Waals surface area contributed by atoms with Gasteiger partial charge in [-0.2, -0.15) is 0 Å². The summed E-state index contributed by atoms with van der Waals surface area (Å²) in [6.07, 6.45) is 11.8. The lowest BCUT2D eigenvalue weighted by atomic mass is 9.89. The van der Waals surface area contributed by atoms with Gasteiger partial charge in [0.05, 0.1) is 0 Å². The first-order chi connectivity index (χ1) is 5.43. The highest BCUT2D eigenvalue weighted by atomic mass is 14.8. The van der Waals surface area contributed by atoms with E-state index in [9.17, 15) is 0 Å². The molecular formula is C10H19N. The Kier molecular flexibility index (Phi) is 4.29. The van der Waals surface area contributed by atoms with Crippen molar-refractivity contribution in [3.8, 4) is 0 Å². The van der Waals surface area contributed by atoms with Crippen LogP contribution in [0, 0.1) is 5.92 Å². The molecule has 0 radical (unpaired) electrons. The third-order valence-corrected chi connectivity index (χ3v) is 2.38. The van der Waals surface area contributed by atoms with E-state index in [-0.39, 0.29) is 0 Å². The second kappa shape index (κ2) is 5.36. The molecule has 1 aliphatic carbocycles. The first-order valence-electron chi connectivity index (χ1n) is 4.74. The highest BCUT2D eigenvalue weighted by Gasteiger charge is 2.08. The fraction of sp³-hybridized carbons (Fsp3) is 0.800. The van der Waals surface area contributed by atoms with E-state index in [4.69, 9.17) is 0 Å². The lowest BCUT2D eigenvalue weighted by molar-refractivity contribution is 0.419. The molecule has 0 aromatic rings. The van der Waals surface area contributed by atoms with Crippen LogP contribution in [0.3, 0.4) is 0 Å². The van der Waals surface area contributed by atoms with Gasteiger partial charge in [-0.3, -0.25) is 0 Å². The molecule has 0 aromatic heterocycles. The second-order valence-electron chi connectivity index (χ2n) is 3.38. The van der Waals surface area contributed by atoms with Gasteiger partial charge in [-0.15, -0.1) is 0 Å². The Morgan fingerprint density at radius 3 is 2.64 bits per heavy atom. The number of allylic oxidation sites excluding steroid dienone is 1. The monoisotopic (exact) mass is 153 g/mol. The van der Waals surface area contributed by atoms with Gasteiger partial charge in [0, 0.05) is 6.54 Å². The Morgan fingerprint density at radius 1 is 1.27 bits per heavy atom. The van der Waals surface area contributed by atoms with Crippen molar-refractivity contribution >= 4 is 0 Å². The average molecular weight is 153 g/mol. The molecule has 0 saturated heterocycles. The Hall–Kier alpha value is -0.300. The number of rotatable bonds is 3. The van der Waals surface area contributed by atoms with Gasteiger partial charge in [-0.05, 0) is 25.8 Å². The van der Waals surface area contributed by atoms with Crippen molar-refractivity contribution < 1.29 is 0 Å². The number of hydrogen-bond donors (Lipinski definition) is 1. The van der Waals surface area contributed by atoms with Crippen LogP contribution in [0.25, 0.3) is 0 Å². The predicted octanol–water partition coefficient (Wildman–Crippen LogP) is 2.34. The Balaban J connectivity index is 2.13. The summed E-state index contributed by atoms with van der Waals surface area (Å²) < 4.78 is 0. The molecule has 1 aliphatic rings. The van der Waals surface area contributed by atoms with Crippen LogP contribution in [-0.2, 0) is 0 Å². The summed E-state index contributed by atoms with van der Waals surface area (Å²) >= 11 is 0. The topological polar surface area (TPSA) is 12.0 Å². The fourth-order valence-electron chi connectivity index (χ4n) is 1.70. The van der Waals surface area contributed by atoms with Gasteiger partial charge in [0.15, 0.2) is 0 Å². The lowest BCUT2D eigenvalue weighted by Gasteiger charge is -2.17. The largest absolute Gasteiger partial charge is 0.316 e. The summed E-state index contributed by atoms with van der Waals surface area (Å²) in [6, 6.07) is 0. The summed E-state index contributed by atoms with van der Waals surface area (Å²) in [4.78, 5) is 0. The van der Waals surface area contributed by atoms with E-state index >= 15 is 0 Å². The zero-order valence-electron chi connectivity index (χ0n) is 7.47. The molecule has 0 atom stereocenters. The predicted molar refractivity (Wildman–Crippen MR) is 49.6 cm³/mol. The summed E-state index contributed by atoms with van der Waals surface area (Å²) in [5, 5.41) is 3.12. The van der Waals surface area contributed by atoms with Crippen LogP contribution in [0.2, 0.25) is 0 Å². The smallest absolute Gasteiger partial charge is 0.0131 e. The van der Waals surface area contributed by atoms with E-state index in [0.29, 0.717) is 0 Å². The minimum absolute atomic E-state index is 0.886. The van der Waals surface area contributed by atoms with Gasteiger partial charge in [0.2, 0.25) is 0 Å². The second-order valence-corrected chi connectivity index (χ2v) is 3.38. The third-order valence-electron chi connectivity index (χ3n) is 2.38. The van der Waals surface area contributed by atoms with Gasteiger partial charge in [-0.1, -0.05) is 31.4 Å². The van der Waals surface area contributed by atoms with E-state index in [0.717, 1.165) is 12.5 Å². The van der Waals surface area contributed by atoms with Crippen molar-refractivity contribution in [2.75, 3.05) is 13.6 Å². The molecule has 0 amide bonds. The van der Waals surface area contributed by atoms with Crippen LogP contribution < -0.4 is 5.32 Å². The van der Waals surface area contributed by atoms with Gasteiger partial charge in [0.1, 0.15) is 0 Å². The molecule has 64 valence electrons. The minimum atomic E-state index is 0.886. The molecule has 0 heterocycles. The SMILES string of the molecule is CNC/C=C/C1CCCCC1. The normalized spacial score (nSPS) is 21.2. The molecule has 0 bridgehead atoms. The Morgan fingerprint density at radius 2 is 2.00 bits per heavy atom. The minimum Gasteiger partial charge on any atom is -0.316 e. The van der Waals surface area contributed by atoms with Crippen molar-refractivity contribution in [2.24, 2.45) is 5.92 Å². The van der Waals surface area contributed by atoms with Crippen LogP contribution in [0.4, 0.5) is 0 Å². The van der Waals surface area contributed by atoms with Crippen LogP contribution in [0.15, 0.2) is 12.2 Å². The molecule has 1 heteroatoms. The molecule has 0 aromatic carbocycles. The maximum atomic E-state index is 3.12. The maximum Gasteiger partial charge on any atom is 0.0131 e. The lowest BCUT2D eigenvalue weighted by Crippen LogP contribution is -2.07. The zero-order valence-corrected chi connectivity index (χ0v) is 7.47. The maximum absolute atomic E-state index is 3.12. The van der Waals surface area contributed by atoms with Crippen molar-refractivity contribution in [2.45, 2.75) is 32.1 Å². The van der Waals surface area contributed by atoms with Gasteiger partial charge < -0.3 is 5.32 Å². The van der Waals surface area contributed by atoms with Crippen molar-refractivity contribution in [3.63, 3.8) is 0 Å². The quantitative estimate of drug-likeness (QED) is 0.614. The van der Waals surface area contributed by atoms with Crippen LogP contribution in [-0.4, -0.2) is 13.6 Å². The van der Waals surface area contributed by atoms with E-state index < -0.39 is 0 Å². The molecule has 0 spiro atoms. The summed E-state index contributed by atoms with van der Waals surface area (Å²) in [6.45, 7) is 1.02.